The van der Waals surface area contributed by atoms with Gasteiger partial charge in [0.1, 0.15) is 11.0 Å². The minimum atomic E-state index is 0.603. The molecular formula is C42H27N3O2. The van der Waals surface area contributed by atoms with Crippen LogP contribution in [0.3, 0.4) is 0 Å². The van der Waals surface area contributed by atoms with Crippen molar-refractivity contribution in [3.05, 3.63) is 164 Å². The zero-order valence-corrected chi connectivity index (χ0v) is 25.2. The number of hydrogen-bond donors (Lipinski definition) is 0. The zero-order chi connectivity index (χ0) is 31.2. The molecule has 9 aromatic rings. The summed E-state index contributed by atoms with van der Waals surface area (Å²) in [6.07, 6.45) is 0. The van der Waals surface area contributed by atoms with E-state index in [0.717, 1.165) is 50.4 Å². The molecule has 222 valence electrons. The van der Waals surface area contributed by atoms with Crippen molar-refractivity contribution in [1.29, 1.82) is 0 Å². The van der Waals surface area contributed by atoms with Crippen LogP contribution in [0, 0.1) is 0 Å². The number of fused-ring (bicyclic) bond motifs is 3. The predicted molar refractivity (Wildman–Crippen MR) is 190 cm³/mol. The molecular weight excluding hydrogens is 578 g/mol. The van der Waals surface area contributed by atoms with Crippen LogP contribution in [0.2, 0.25) is 0 Å². The Bertz CT molecular complexity index is 2320. The number of oxazole rings is 2. The van der Waals surface area contributed by atoms with Crippen LogP contribution in [0.4, 0.5) is 17.1 Å². The van der Waals surface area contributed by atoms with Gasteiger partial charge in [0.2, 0.25) is 11.8 Å². The molecule has 2 aromatic heterocycles. The van der Waals surface area contributed by atoms with Crippen molar-refractivity contribution >= 4 is 50.0 Å². The molecule has 0 unspecified atom stereocenters. The molecule has 2 heterocycles. The molecule has 0 atom stereocenters. The van der Waals surface area contributed by atoms with Crippen LogP contribution in [0.25, 0.3) is 67.0 Å². The van der Waals surface area contributed by atoms with Crippen LogP contribution in [0.5, 0.6) is 0 Å². The van der Waals surface area contributed by atoms with Gasteiger partial charge in [0, 0.05) is 28.2 Å². The largest absolute Gasteiger partial charge is 0.436 e. The van der Waals surface area contributed by atoms with Crippen LogP contribution in [0.1, 0.15) is 0 Å². The van der Waals surface area contributed by atoms with Gasteiger partial charge in [-0.2, -0.15) is 0 Å². The lowest BCUT2D eigenvalue weighted by atomic mass is 9.98. The Morgan fingerprint density at radius 2 is 0.830 bits per heavy atom. The molecule has 0 bridgehead atoms. The number of hydrogen-bond acceptors (Lipinski definition) is 5. The summed E-state index contributed by atoms with van der Waals surface area (Å²) in [5.74, 6) is 1.21. The Kier molecular flexibility index (Phi) is 6.39. The van der Waals surface area contributed by atoms with Gasteiger partial charge in [-0.15, -0.1) is 0 Å². The fraction of sp³-hybridized carbons (Fsp3) is 0. The highest BCUT2D eigenvalue weighted by Crippen LogP contribution is 2.39. The molecule has 5 heteroatoms. The summed E-state index contributed by atoms with van der Waals surface area (Å²) in [5.41, 5.74) is 10.5. The zero-order valence-electron chi connectivity index (χ0n) is 25.2. The van der Waals surface area contributed by atoms with Crippen molar-refractivity contribution in [1.82, 2.24) is 9.97 Å². The first-order chi connectivity index (χ1) is 23.3. The summed E-state index contributed by atoms with van der Waals surface area (Å²) in [4.78, 5) is 11.6. The van der Waals surface area contributed by atoms with E-state index >= 15 is 0 Å². The molecule has 5 nitrogen and oxygen atoms in total. The molecule has 0 fully saturated rings. The van der Waals surface area contributed by atoms with Crippen molar-refractivity contribution < 1.29 is 8.83 Å². The lowest BCUT2D eigenvalue weighted by molar-refractivity contribution is 0.619. The van der Waals surface area contributed by atoms with Gasteiger partial charge in [-0.3, -0.25) is 0 Å². The van der Waals surface area contributed by atoms with Crippen molar-refractivity contribution in [3.63, 3.8) is 0 Å². The Hall–Kier alpha value is -6.46. The average molecular weight is 606 g/mol. The van der Waals surface area contributed by atoms with E-state index in [9.17, 15) is 0 Å². The Balaban J connectivity index is 1.10. The third kappa shape index (κ3) is 4.91. The van der Waals surface area contributed by atoms with E-state index in [4.69, 9.17) is 18.8 Å². The molecule has 0 aliphatic rings. The summed E-state index contributed by atoms with van der Waals surface area (Å²) in [5, 5.41) is 2.47. The molecule has 0 N–H and O–H groups in total. The fourth-order valence-corrected chi connectivity index (χ4v) is 6.21. The maximum absolute atomic E-state index is 6.05. The Morgan fingerprint density at radius 3 is 1.36 bits per heavy atom. The second-order valence-corrected chi connectivity index (χ2v) is 11.5. The van der Waals surface area contributed by atoms with Gasteiger partial charge in [0.25, 0.3) is 0 Å². The number of benzene rings is 7. The number of nitrogens with zero attached hydrogens (tertiary/aromatic N) is 3. The van der Waals surface area contributed by atoms with Crippen LogP contribution >= 0.6 is 0 Å². The summed E-state index contributed by atoms with van der Waals surface area (Å²) in [6.45, 7) is 0. The first-order valence-corrected chi connectivity index (χ1v) is 15.6. The second kappa shape index (κ2) is 11.2. The quantitative estimate of drug-likeness (QED) is 0.189. The summed E-state index contributed by atoms with van der Waals surface area (Å²) < 4.78 is 12.1. The van der Waals surface area contributed by atoms with E-state index in [2.05, 4.69) is 120 Å². The standard InChI is InChI=1S/C42H27N3O2/c1-2-10-35-28(8-1)9-7-11-36(35)29-16-22-32(23-17-29)45(33-24-18-30(19-25-33)41-43-37-12-3-5-14-39(37)46-41)34-26-20-31(21-27-34)42-44-38-13-4-6-15-40(38)47-42/h1-27H. The molecule has 9 rings (SSSR count). The molecule has 0 spiro atoms. The lowest BCUT2D eigenvalue weighted by Gasteiger charge is -2.26. The summed E-state index contributed by atoms with van der Waals surface area (Å²) >= 11 is 0. The van der Waals surface area contributed by atoms with Gasteiger partial charge in [-0.1, -0.05) is 78.9 Å². The van der Waals surface area contributed by atoms with Gasteiger partial charge in [-0.05, 0) is 107 Å². The highest BCUT2D eigenvalue weighted by molar-refractivity contribution is 5.97. The highest BCUT2D eigenvalue weighted by atomic mass is 16.4. The first-order valence-electron chi connectivity index (χ1n) is 15.6. The fourth-order valence-electron chi connectivity index (χ4n) is 6.21. The first kappa shape index (κ1) is 26.9. The lowest BCUT2D eigenvalue weighted by Crippen LogP contribution is -2.09. The second-order valence-electron chi connectivity index (χ2n) is 11.5. The van der Waals surface area contributed by atoms with Crippen LogP contribution in [0.15, 0.2) is 173 Å². The number of rotatable bonds is 6. The molecule has 0 aliphatic heterocycles. The molecule has 0 radical (unpaired) electrons. The summed E-state index contributed by atoms with van der Waals surface area (Å²) in [7, 11) is 0. The van der Waals surface area contributed by atoms with Crippen molar-refractivity contribution in [2.75, 3.05) is 4.90 Å². The van der Waals surface area contributed by atoms with Gasteiger partial charge in [-0.25, -0.2) is 9.97 Å². The van der Waals surface area contributed by atoms with E-state index in [1.807, 2.05) is 48.5 Å². The third-order valence-corrected chi connectivity index (χ3v) is 8.56. The van der Waals surface area contributed by atoms with Crippen molar-refractivity contribution in [3.8, 4) is 34.0 Å². The molecule has 0 aliphatic carbocycles. The van der Waals surface area contributed by atoms with Gasteiger partial charge < -0.3 is 13.7 Å². The maximum Gasteiger partial charge on any atom is 0.227 e. The highest BCUT2D eigenvalue weighted by Gasteiger charge is 2.16. The van der Waals surface area contributed by atoms with Gasteiger partial charge >= 0.3 is 0 Å². The molecule has 0 saturated carbocycles. The van der Waals surface area contributed by atoms with E-state index in [-0.39, 0.29) is 0 Å². The van der Waals surface area contributed by atoms with Crippen LogP contribution < -0.4 is 4.90 Å². The van der Waals surface area contributed by atoms with E-state index < -0.39 is 0 Å². The minimum absolute atomic E-state index is 0.603. The van der Waals surface area contributed by atoms with Crippen LogP contribution in [-0.4, -0.2) is 9.97 Å². The van der Waals surface area contributed by atoms with E-state index in [1.54, 1.807) is 0 Å². The predicted octanol–water partition coefficient (Wildman–Crippen LogP) is 11.6. The third-order valence-electron chi connectivity index (χ3n) is 8.56. The average Bonchev–Trinajstić information content (AvgIpc) is 3.78. The van der Waals surface area contributed by atoms with Crippen molar-refractivity contribution in [2.24, 2.45) is 0 Å². The number of para-hydroxylation sites is 4. The van der Waals surface area contributed by atoms with Crippen LogP contribution in [-0.2, 0) is 0 Å². The molecule has 0 saturated heterocycles. The van der Waals surface area contributed by atoms with E-state index in [1.165, 1.54) is 21.9 Å². The smallest absolute Gasteiger partial charge is 0.227 e. The molecule has 0 amide bonds. The van der Waals surface area contributed by atoms with E-state index in [0.29, 0.717) is 11.8 Å². The normalized spacial score (nSPS) is 11.4. The Labute approximate surface area is 271 Å². The van der Waals surface area contributed by atoms with Gasteiger partial charge in [0.05, 0.1) is 0 Å². The molecule has 7 aromatic carbocycles. The Morgan fingerprint density at radius 1 is 0.383 bits per heavy atom. The molecule has 47 heavy (non-hydrogen) atoms. The SMILES string of the molecule is c1ccc2c(-c3ccc(N(c4ccc(-c5nc6ccccc6o5)cc4)c4ccc(-c5nc6ccccc6o5)cc4)cc3)cccc2c1. The maximum atomic E-state index is 6.05. The van der Waals surface area contributed by atoms with Gasteiger partial charge in [0.15, 0.2) is 11.2 Å². The number of anilines is 3. The van der Waals surface area contributed by atoms with Crippen molar-refractivity contribution in [2.45, 2.75) is 0 Å². The summed E-state index contributed by atoms with van der Waals surface area (Å²) in [6, 6.07) is 56.1. The number of aromatic nitrogens is 2. The minimum Gasteiger partial charge on any atom is -0.436 e. The monoisotopic (exact) mass is 605 g/mol. The topological polar surface area (TPSA) is 55.3 Å².